The molecule has 3 atom stereocenters. The zero-order valence-corrected chi connectivity index (χ0v) is 15.2. The Bertz CT molecular complexity index is 1080. The lowest BCUT2D eigenvalue weighted by Crippen LogP contribution is -2.38. The molecule has 142 valence electrons. The predicted octanol–water partition coefficient (Wildman–Crippen LogP) is 2.70. The van der Waals surface area contributed by atoms with Crippen LogP contribution in [0.5, 0.6) is 0 Å². The lowest BCUT2D eigenvalue weighted by molar-refractivity contribution is -0.384. The zero-order chi connectivity index (χ0) is 19.4. The van der Waals surface area contributed by atoms with Crippen LogP contribution in [0.2, 0.25) is 0 Å². The molecule has 9 heteroatoms. The van der Waals surface area contributed by atoms with Gasteiger partial charge in [0.1, 0.15) is 11.7 Å². The van der Waals surface area contributed by atoms with Crippen molar-refractivity contribution in [2.75, 3.05) is 4.90 Å². The van der Waals surface area contributed by atoms with Crippen LogP contribution in [-0.2, 0) is 4.79 Å². The van der Waals surface area contributed by atoms with Crippen LogP contribution in [0.1, 0.15) is 25.9 Å². The maximum Gasteiger partial charge on any atom is 0.269 e. The molecule has 2 aromatic carbocycles. The number of rotatable bonds is 3. The molecule has 0 aliphatic carbocycles. The Morgan fingerprint density at radius 2 is 1.79 bits per heavy atom. The molecular weight excluding hydrogens is 360 g/mol. The van der Waals surface area contributed by atoms with E-state index in [-0.39, 0.29) is 30.0 Å². The van der Waals surface area contributed by atoms with Gasteiger partial charge in [0.25, 0.3) is 5.69 Å². The van der Waals surface area contributed by atoms with Gasteiger partial charge in [0.2, 0.25) is 5.91 Å². The van der Waals surface area contributed by atoms with Gasteiger partial charge in [-0.3, -0.25) is 19.8 Å². The summed E-state index contributed by atoms with van der Waals surface area (Å²) < 4.78 is 1.90. The number of anilines is 1. The van der Waals surface area contributed by atoms with Crippen molar-refractivity contribution < 1.29 is 9.72 Å². The van der Waals surface area contributed by atoms with Gasteiger partial charge in [0, 0.05) is 17.8 Å². The van der Waals surface area contributed by atoms with Crippen molar-refractivity contribution in [3.63, 3.8) is 0 Å². The number of hydrogen-bond acceptors (Lipinski definition) is 6. The molecule has 0 bridgehead atoms. The second kappa shape index (κ2) is 6.10. The highest BCUT2D eigenvalue weighted by molar-refractivity contribution is 6.00. The number of amides is 1. The summed E-state index contributed by atoms with van der Waals surface area (Å²) >= 11 is 0. The molecule has 1 amide bonds. The van der Waals surface area contributed by atoms with Crippen LogP contribution in [-0.4, -0.2) is 42.9 Å². The van der Waals surface area contributed by atoms with Gasteiger partial charge in [-0.25, -0.2) is 9.58 Å². The topological polar surface area (TPSA) is 97.4 Å². The van der Waals surface area contributed by atoms with E-state index in [0.29, 0.717) is 5.69 Å². The number of para-hydroxylation sites is 1. The van der Waals surface area contributed by atoms with Crippen molar-refractivity contribution in [2.45, 2.75) is 38.1 Å². The molecule has 28 heavy (non-hydrogen) atoms. The van der Waals surface area contributed by atoms with Crippen LogP contribution in [0.3, 0.4) is 0 Å². The zero-order valence-electron chi connectivity index (χ0n) is 15.2. The summed E-state index contributed by atoms with van der Waals surface area (Å²) in [6, 6.07) is 13.6. The number of carbonyl (C=O) groups excluding carboxylic acids is 1. The molecule has 0 N–H and O–H groups in total. The summed E-state index contributed by atoms with van der Waals surface area (Å²) in [5, 5.41) is 19.5. The summed E-state index contributed by atoms with van der Waals surface area (Å²) in [4.78, 5) is 27.4. The lowest BCUT2D eigenvalue weighted by atomic mass is 10.2. The summed E-state index contributed by atoms with van der Waals surface area (Å²) in [5.74, 6) is -0.00651. The Hall–Kier alpha value is -3.33. The van der Waals surface area contributed by atoms with Crippen molar-refractivity contribution in [1.29, 1.82) is 0 Å². The van der Waals surface area contributed by atoms with E-state index in [1.54, 1.807) is 17.0 Å². The summed E-state index contributed by atoms with van der Waals surface area (Å²) in [6.45, 7) is 1.90. The molecule has 2 saturated heterocycles. The first kappa shape index (κ1) is 16.8. The van der Waals surface area contributed by atoms with Gasteiger partial charge in [-0.1, -0.05) is 17.3 Å². The minimum absolute atomic E-state index is 0.00651. The summed E-state index contributed by atoms with van der Waals surface area (Å²) in [5.41, 5.74) is 2.47. The highest BCUT2D eigenvalue weighted by atomic mass is 16.6. The fraction of sp³-hybridized carbons (Fsp3) is 0.316. The normalized spacial score (nSPS) is 24.8. The van der Waals surface area contributed by atoms with E-state index >= 15 is 0 Å². The third-order valence-corrected chi connectivity index (χ3v) is 5.71. The van der Waals surface area contributed by atoms with Crippen molar-refractivity contribution >= 4 is 28.3 Å². The van der Waals surface area contributed by atoms with Crippen LogP contribution in [0, 0.1) is 10.1 Å². The molecule has 2 aliphatic heterocycles. The molecule has 2 aliphatic rings. The van der Waals surface area contributed by atoms with Gasteiger partial charge in [0.05, 0.1) is 22.6 Å². The van der Waals surface area contributed by atoms with Gasteiger partial charge in [0.15, 0.2) is 0 Å². The molecule has 0 unspecified atom stereocenters. The molecule has 3 heterocycles. The van der Waals surface area contributed by atoms with Crippen LogP contribution in [0.15, 0.2) is 48.5 Å². The largest absolute Gasteiger partial charge is 0.295 e. The predicted molar refractivity (Wildman–Crippen MR) is 101 cm³/mol. The Balaban J connectivity index is 1.50. The van der Waals surface area contributed by atoms with Crippen LogP contribution in [0.25, 0.3) is 11.0 Å². The van der Waals surface area contributed by atoms with Crippen molar-refractivity contribution in [3.05, 3.63) is 58.6 Å². The maximum absolute atomic E-state index is 13.0. The van der Waals surface area contributed by atoms with Crippen LogP contribution in [0.4, 0.5) is 11.4 Å². The third-order valence-electron chi connectivity index (χ3n) is 5.71. The van der Waals surface area contributed by atoms with Gasteiger partial charge < -0.3 is 0 Å². The van der Waals surface area contributed by atoms with Crippen molar-refractivity contribution in [3.8, 4) is 0 Å². The van der Waals surface area contributed by atoms with E-state index in [4.69, 9.17) is 0 Å². The number of nitrogens with zero attached hydrogens (tertiary/aromatic N) is 6. The Morgan fingerprint density at radius 1 is 1.07 bits per heavy atom. The van der Waals surface area contributed by atoms with E-state index in [2.05, 4.69) is 15.2 Å². The molecule has 5 rings (SSSR count). The van der Waals surface area contributed by atoms with E-state index in [0.717, 1.165) is 23.9 Å². The SMILES string of the molecule is C[C@H]1C(=O)N(c2ccc([N+](=O)[O-])cc2)[C@@H]2CC[C@@H](n3nnc4ccccc43)N12. The minimum atomic E-state index is -0.439. The van der Waals surface area contributed by atoms with Crippen LogP contribution >= 0.6 is 0 Å². The number of hydrogen-bond donors (Lipinski definition) is 0. The van der Waals surface area contributed by atoms with Crippen molar-refractivity contribution in [2.24, 2.45) is 0 Å². The fourth-order valence-electron chi connectivity index (χ4n) is 4.44. The molecule has 0 spiro atoms. The Labute approximate surface area is 160 Å². The highest BCUT2D eigenvalue weighted by Gasteiger charge is 2.52. The average molecular weight is 378 g/mol. The van der Waals surface area contributed by atoms with E-state index in [1.807, 2.05) is 35.9 Å². The standard InChI is InChI=1S/C19H18N6O3/c1-12-19(26)23(13-6-8-14(9-7-13)25(27)28)17-10-11-18(22(12)17)24-16-5-3-2-4-15(16)20-21-24/h2-9,12,17-18H,10-11H2,1H3/t12-,17+,18+/m0/s1. The first-order chi connectivity index (χ1) is 13.6. The lowest BCUT2D eigenvalue weighted by Gasteiger charge is -2.28. The molecule has 9 nitrogen and oxygen atoms in total. The number of fused-ring (bicyclic) bond motifs is 2. The van der Waals surface area contributed by atoms with Gasteiger partial charge in [-0.05, 0) is 44.0 Å². The first-order valence-corrected chi connectivity index (χ1v) is 9.21. The first-order valence-electron chi connectivity index (χ1n) is 9.21. The number of non-ortho nitro benzene ring substituents is 1. The smallest absolute Gasteiger partial charge is 0.269 e. The monoisotopic (exact) mass is 378 g/mol. The average Bonchev–Trinajstić information content (AvgIpc) is 3.37. The van der Waals surface area contributed by atoms with E-state index < -0.39 is 4.92 Å². The van der Waals surface area contributed by atoms with Gasteiger partial charge >= 0.3 is 0 Å². The van der Waals surface area contributed by atoms with E-state index in [9.17, 15) is 14.9 Å². The maximum atomic E-state index is 13.0. The summed E-state index contributed by atoms with van der Waals surface area (Å²) in [7, 11) is 0. The number of benzene rings is 2. The molecule has 1 aromatic heterocycles. The number of nitro benzene ring substituents is 1. The number of nitro groups is 1. The quantitative estimate of drug-likeness (QED) is 0.513. The van der Waals surface area contributed by atoms with E-state index in [1.165, 1.54) is 12.1 Å². The second-order valence-corrected chi connectivity index (χ2v) is 7.17. The molecule has 0 saturated carbocycles. The molecule has 3 aromatic rings. The Kier molecular flexibility index (Phi) is 3.66. The Morgan fingerprint density at radius 3 is 2.54 bits per heavy atom. The second-order valence-electron chi connectivity index (χ2n) is 7.17. The molecule has 0 radical (unpaired) electrons. The number of carbonyl (C=O) groups is 1. The van der Waals surface area contributed by atoms with Gasteiger partial charge in [-0.2, -0.15) is 0 Å². The molecular formula is C19H18N6O3. The third kappa shape index (κ3) is 2.32. The number of aromatic nitrogens is 3. The molecule has 2 fully saturated rings. The van der Waals surface area contributed by atoms with Gasteiger partial charge in [-0.15, -0.1) is 5.10 Å². The highest BCUT2D eigenvalue weighted by Crippen LogP contribution is 2.43. The summed E-state index contributed by atoms with van der Waals surface area (Å²) in [6.07, 6.45) is 1.49. The van der Waals surface area contributed by atoms with Crippen LogP contribution < -0.4 is 4.90 Å². The van der Waals surface area contributed by atoms with Crippen molar-refractivity contribution in [1.82, 2.24) is 19.9 Å². The fourth-order valence-corrected chi connectivity index (χ4v) is 4.44. The minimum Gasteiger partial charge on any atom is -0.295 e.